The van der Waals surface area contributed by atoms with E-state index in [0.29, 0.717) is 11.8 Å². The first-order valence-corrected chi connectivity index (χ1v) is 6.81. The van der Waals surface area contributed by atoms with Crippen LogP contribution in [0.5, 0.6) is 0 Å². The van der Waals surface area contributed by atoms with Crippen LogP contribution in [0.4, 0.5) is 0 Å². The Hall–Kier alpha value is -0.280. The summed E-state index contributed by atoms with van der Waals surface area (Å²) >= 11 is 5.76. The van der Waals surface area contributed by atoms with Gasteiger partial charge in [-0.05, 0) is 38.0 Å². The number of likely N-dealkylation sites (tertiary alicyclic amines) is 1. The average molecular weight is 246 g/mol. The standard InChI is InChI=1S/C12H20ClNO2/c13-6-5-10-3-1-7-14(9-10)12(15)11-4-2-8-16-11/h10-11H,1-9H2. The Bertz CT molecular complexity index is 239. The largest absolute Gasteiger partial charge is 0.368 e. The van der Waals surface area contributed by atoms with Crippen molar-refractivity contribution in [3.63, 3.8) is 0 Å². The normalized spacial score (nSPS) is 30.7. The fourth-order valence-electron chi connectivity index (χ4n) is 2.63. The van der Waals surface area contributed by atoms with Gasteiger partial charge in [-0.2, -0.15) is 0 Å². The summed E-state index contributed by atoms with van der Waals surface area (Å²) in [6.45, 7) is 2.53. The fraction of sp³-hybridized carbons (Fsp3) is 0.917. The Morgan fingerprint density at radius 3 is 2.94 bits per heavy atom. The molecule has 0 N–H and O–H groups in total. The lowest BCUT2D eigenvalue weighted by atomic mass is 9.95. The molecule has 0 saturated carbocycles. The highest BCUT2D eigenvalue weighted by molar-refractivity contribution is 6.17. The van der Waals surface area contributed by atoms with Crippen LogP contribution in [0.25, 0.3) is 0 Å². The second-order valence-corrected chi connectivity index (χ2v) is 5.15. The molecule has 0 aromatic carbocycles. The number of hydrogen-bond donors (Lipinski definition) is 0. The first kappa shape index (κ1) is 12.2. The lowest BCUT2D eigenvalue weighted by molar-refractivity contribution is -0.142. The van der Waals surface area contributed by atoms with Crippen LogP contribution in [0.3, 0.4) is 0 Å². The second-order valence-electron chi connectivity index (χ2n) is 4.77. The van der Waals surface area contributed by atoms with E-state index in [1.54, 1.807) is 0 Å². The number of ether oxygens (including phenoxy) is 1. The van der Waals surface area contributed by atoms with Gasteiger partial charge in [0.15, 0.2) is 0 Å². The molecule has 2 aliphatic heterocycles. The molecule has 4 heteroatoms. The summed E-state index contributed by atoms with van der Waals surface area (Å²) in [5.41, 5.74) is 0. The number of nitrogens with zero attached hydrogens (tertiary/aromatic N) is 1. The Labute approximate surface area is 102 Å². The molecule has 2 saturated heterocycles. The van der Waals surface area contributed by atoms with Crippen molar-refractivity contribution >= 4 is 17.5 Å². The maximum Gasteiger partial charge on any atom is 0.251 e. The van der Waals surface area contributed by atoms with Gasteiger partial charge >= 0.3 is 0 Å². The van der Waals surface area contributed by atoms with E-state index in [1.807, 2.05) is 4.90 Å². The molecule has 2 aliphatic rings. The van der Waals surface area contributed by atoms with Crippen LogP contribution in [-0.2, 0) is 9.53 Å². The van der Waals surface area contributed by atoms with Gasteiger partial charge in [0.2, 0.25) is 0 Å². The monoisotopic (exact) mass is 245 g/mol. The summed E-state index contributed by atoms with van der Waals surface area (Å²) in [5, 5.41) is 0. The first-order valence-electron chi connectivity index (χ1n) is 6.27. The summed E-state index contributed by atoms with van der Waals surface area (Å²) in [5.74, 6) is 1.50. The molecule has 2 fully saturated rings. The predicted octanol–water partition coefficient (Wildman–Crippen LogP) is 2.03. The van der Waals surface area contributed by atoms with Gasteiger partial charge in [-0.25, -0.2) is 0 Å². The molecular weight excluding hydrogens is 226 g/mol. The van der Waals surface area contributed by atoms with E-state index in [2.05, 4.69) is 0 Å². The van der Waals surface area contributed by atoms with Gasteiger partial charge < -0.3 is 9.64 Å². The predicted molar refractivity (Wildman–Crippen MR) is 63.6 cm³/mol. The summed E-state index contributed by atoms with van der Waals surface area (Å²) < 4.78 is 5.45. The van der Waals surface area contributed by atoms with Gasteiger partial charge in [-0.1, -0.05) is 0 Å². The van der Waals surface area contributed by atoms with Gasteiger partial charge in [0.25, 0.3) is 5.91 Å². The van der Waals surface area contributed by atoms with Crippen molar-refractivity contribution < 1.29 is 9.53 Å². The van der Waals surface area contributed by atoms with Gasteiger partial charge in [0, 0.05) is 25.6 Å². The maximum absolute atomic E-state index is 12.1. The molecule has 0 radical (unpaired) electrons. The molecular formula is C12H20ClNO2. The minimum absolute atomic E-state index is 0.158. The fourth-order valence-corrected chi connectivity index (χ4v) is 2.94. The smallest absolute Gasteiger partial charge is 0.251 e. The number of alkyl halides is 1. The number of carbonyl (C=O) groups is 1. The topological polar surface area (TPSA) is 29.5 Å². The second kappa shape index (κ2) is 5.87. The van der Waals surface area contributed by atoms with Gasteiger partial charge in [-0.15, -0.1) is 11.6 Å². The summed E-state index contributed by atoms with van der Waals surface area (Å²) in [6, 6.07) is 0. The zero-order valence-electron chi connectivity index (χ0n) is 9.66. The third-order valence-electron chi connectivity index (χ3n) is 3.55. The molecule has 2 rings (SSSR count). The van der Waals surface area contributed by atoms with Gasteiger partial charge in [-0.3, -0.25) is 4.79 Å². The van der Waals surface area contributed by atoms with Crippen LogP contribution in [0.15, 0.2) is 0 Å². The molecule has 2 unspecified atom stereocenters. The number of piperidine rings is 1. The van der Waals surface area contributed by atoms with E-state index in [9.17, 15) is 4.79 Å². The quantitative estimate of drug-likeness (QED) is 0.712. The van der Waals surface area contributed by atoms with Crippen molar-refractivity contribution in [2.75, 3.05) is 25.6 Å². The molecule has 3 nitrogen and oxygen atoms in total. The number of amides is 1. The van der Waals surface area contributed by atoms with Crippen molar-refractivity contribution in [2.24, 2.45) is 5.92 Å². The zero-order chi connectivity index (χ0) is 11.4. The minimum Gasteiger partial charge on any atom is -0.368 e. The lowest BCUT2D eigenvalue weighted by Gasteiger charge is -2.33. The summed E-state index contributed by atoms with van der Waals surface area (Å²) in [7, 11) is 0. The Morgan fingerprint density at radius 1 is 1.38 bits per heavy atom. The average Bonchev–Trinajstić information content (AvgIpc) is 2.82. The Kier molecular flexibility index (Phi) is 4.47. The zero-order valence-corrected chi connectivity index (χ0v) is 10.4. The van der Waals surface area contributed by atoms with Crippen LogP contribution in [0, 0.1) is 5.92 Å². The van der Waals surface area contributed by atoms with E-state index in [-0.39, 0.29) is 12.0 Å². The Balaban J connectivity index is 1.85. The highest BCUT2D eigenvalue weighted by Gasteiger charge is 2.31. The third kappa shape index (κ3) is 2.89. The van der Waals surface area contributed by atoms with E-state index in [0.717, 1.165) is 45.4 Å². The van der Waals surface area contributed by atoms with Crippen LogP contribution < -0.4 is 0 Å². The molecule has 2 atom stereocenters. The summed E-state index contributed by atoms with van der Waals surface area (Å²) in [4.78, 5) is 14.1. The van der Waals surface area contributed by atoms with Crippen molar-refractivity contribution in [1.82, 2.24) is 4.90 Å². The maximum atomic E-state index is 12.1. The molecule has 0 bridgehead atoms. The summed E-state index contributed by atoms with van der Waals surface area (Å²) in [6.07, 6.45) is 5.11. The number of carbonyl (C=O) groups excluding carboxylic acids is 1. The molecule has 0 aliphatic carbocycles. The van der Waals surface area contributed by atoms with Gasteiger partial charge in [0.1, 0.15) is 6.10 Å². The molecule has 0 aromatic heterocycles. The Morgan fingerprint density at radius 2 is 2.25 bits per heavy atom. The molecule has 2 heterocycles. The molecule has 0 aromatic rings. The van der Waals surface area contributed by atoms with E-state index in [1.165, 1.54) is 6.42 Å². The van der Waals surface area contributed by atoms with Crippen molar-refractivity contribution in [3.05, 3.63) is 0 Å². The third-order valence-corrected chi connectivity index (χ3v) is 3.77. The number of hydrogen-bond acceptors (Lipinski definition) is 2. The first-order chi connectivity index (χ1) is 7.81. The number of rotatable bonds is 3. The van der Waals surface area contributed by atoms with Crippen molar-refractivity contribution in [3.8, 4) is 0 Å². The van der Waals surface area contributed by atoms with Crippen LogP contribution in [-0.4, -0.2) is 42.5 Å². The van der Waals surface area contributed by atoms with E-state index >= 15 is 0 Å². The molecule has 1 amide bonds. The molecule has 0 spiro atoms. The van der Waals surface area contributed by atoms with Gasteiger partial charge in [0.05, 0.1) is 0 Å². The van der Waals surface area contributed by atoms with Crippen LogP contribution in [0.2, 0.25) is 0 Å². The highest BCUT2D eigenvalue weighted by atomic mass is 35.5. The molecule has 16 heavy (non-hydrogen) atoms. The van der Waals surface area contributed by atoms with Crippen LogP contribution in [0.1, 0.15) is 32.1 Å². The lowest BCUT2D eigenvalue weighted by Crippen LogP contribution is -2.44. The molecule has 92 valence electrons. The van der Waals surface area contributed by atoms with Crippen LogP contribution >= 0.6 is 11.6 Å². The van der Waals surface area contributed by atoms with Crippen molar-refractivity contribution in [1.29, 1.82) is 0 Å². The van der Waals surface area contributed by atoms with E-state index in [4.69, 9.17) is 16.3 Å². The number of halogens is 1. The highest BCUT2D eigenvalue weighted by Crippen LogP contribution is 2.23. The van der Waals surface area contributed by atoms with Crippen molar-refractivity contribution in [2.45, 2.75) is 38.2 Å². The minimum atomic E-state index is -0.158. The SMILES string of the molecule is O=C(C1CCCO1)N1CCCC(CCCl)C1. The van der Waals surface area contributed by atoms with E-state index < -0.39 is 0 Å².